The second-order valence-electron chi connectivity index (χ2n) is 20.6. The molecular weight excluding hydrogens is 865 g/mol. The summed E-state index contributed by atoms with van der Waals surface area (Å²) >= 11 is 0. The van der Waals surface area contributed by atoms with Gasteiger partial charge in [-0.15, -0.1) is 0 Å². The van der Waals surface area contributed by atoms with Crippen molar-refractivity contribution in [1.29, 1.82) is 0 Å². The summed E-state index contributed by atoms with van der Waals surface area (Å²) in [4.78, 5) is 0. The van der Waals surface area contributed by atoms with E-state index in [4.69, 9.17) is 14.2 Å². The zero-order chi connectivity index (χ0) is 49.2. The van der Waals surface area contributed by atoms with Crippen molar-refractivity contribution in [3.8, 4) is 23.0 Å². The van der Waals surface area contributed by atoms with Crippen molar-refractivity contribution in [3.63, 3.8) is 0 Å². The van der Waals surface area contributed by atoms with Crippen LogP contribution in [0.3, 0.4) is 0 Å². The summed E-state index contributed by atoms with van der Waals surface area (Å²) in [7, 11) is 0. The predicted molar refractivity (Wildman–Crippen MR) is 308 cm³/mol. The molecule has 0 saturated carbocycles. The Bertz CT molecular complexity index is 2020. The molecule has 0 atom stereocenters. The van der Waals surface area contributed by atoms with E-state index in [9.17, 15) is 0 Å². The van der Waals surface area contributed by atoms with Crippen molar-refractivity contribution in [2.75, 3.05) is 13.2 Å². The first-order chi connectivity index (χ1) is 35.2. The summed E-state index contributed by atoms with van der Waals surface area (Å²) in [5.41, 5.74) is 10.2. The Kier molecular flexibility index (Phi) is 27.1. The first kappa shape index (κ1) is 55.6. The van der Waals surface area contributed by atoms with Gasteiger partial charge in [0.1, 0.15) is 23.0 Å². The fraction of sp³-hybridized carbons (Fsp3) is 0.529. The highest BCUT2D eigenvalue weighted by Crippen LogP contribution is 2.45. The Morgan fingerprint density at radius 3 is 1.10 bits per heavy atom. The van der Waals surface area contributed by atoms with Gasteiger partial charge in [-0.1, -0.05) is 239 Å². The van der Waals surface area contributed by atoms with Gasteiger partial charge >= 0.3 is 0 Å². The maximum absolute atomic E-state index is 7.34. The van der Waals surface area contributed by atoms with Gasteiger partial charge < -0.3 is 14.2 Å². The fourth-order valence-electron chi connectivity index (χ4n) is 10.6. The SMILES string of the molecule is CCCCCCCC/C=C\CCCCCCCCc1c(C=Cc2ccccc2)c(Oc2cc3c(c(CCCCCCCC/C=C\CCCCCCCC)c2C=Cc2ccccc2)CCO3)cc2c1CCO2. The van der Waals surface area contributed by atoms with E-state index < -0.39 is 0 Å². The molecule has 0 N–H and O–H groups in total. The minimum atomic E-state index is 0.722. The Morgan fingerprint density at radius 2 is 0.732 bits per heavy atom. The van der Waals surface area contributed by atoms with E-state index in [0.717, 1.165) is 61.9 Å². The van der Waals surface area contributed by atoms with E-state index in [1.54, 1.807) is 0 Å². The van der Waals surface area contributed by atoms with Gasteiger partial charge in [-0.2, -0.15) is 0 Å². The Balaban J connectivity index is 1.12. The van der Waals surface area contributed by atoms with Crippen molar-refractivity contribution in [2.24, 2.45) is 0 Å². The highest BCUT2D eigenvalue weighted by atomic mass is 16.5. The third kappa shape index (κ3) is 20.3. The van der Waals surface area contributed by atoms with Crippen LogP contribution in [0.4, 0.5) is 0 Å². The number of allylic oxidation sites excluding steroid dienone is 4. The number of hydrogen-bond donors (Lipinski definition) is 0. The molecule has 71 heavy (non-hydrogen) atoms. The smallest absolute Gasteiger partial charge is 0.138 e. The van der Waals surface area contributed by atoms with Crippen LogP contribution in [0.25, 0.3) is 24.3 Å². The van der Waals surface area contributed by atoms with Crippen molar-refractivity contribution >= 4 is 24.3 Å². The molecule has 0 fully saturated rings. The summed E-state index contributed by atoms with van der Waals surface area (Å²) in [6.45, 7) is 6.03. The molecular formula is C68H94O3. The van der Waals surface area contributed by atoms with Crippen molar-refractivity contribution in [3.05, 3.63) is 142 Å². The van der Waals surface area contributed by atoms with Gasteiger partial charge in [-0.3, -0.25) is 0 Å². The molecule has 3 heteroatoms. The normalized spacial score (nSPS) is 13.3. The molecule has 0 amide bonds. The number of rotatable bonds is 38. The van der Waals surface area contributed by atoms with Gasteiger partial charge in [-0.05, 0) is 99.3 Å². The van der Waals surface area contributed by atoms with Crippen molar-refractivity contribution < 1.29 is 14.2 Å². The van der Waals surface area contributed by atoms with Crippen LogP contribution in [0.2, 0.25) is 0 Å². The van der Waals surface area contributed by atoms with E-state index in [2.05, 4.69) is 135 Å². The summed E-state index contributed by atoms with van der Waals surface area (Å²) < 4.78 is 20.1. The predicted octanol–water partition coefficient (Wildman–Crippen LogP) is 20.8. The summed E-state index contributed by atoms with van der Waals surface area (Å²) in [6, 6.07) is 25.8. The van der Waals surface area contributed by atoms with Crippen LogP contribution in [0.15, 0.2) is 97.1 Å². The molecule has 0 spiro atoms. The molecule has 6 rings (SSSR count). The molecule has 0 saturated heterocycles. The van der Waals surface area contributed by atoms with E-state index in [1.807, 2.05) is 0 Å². The maximum Gasteiger partial charge on any atom is 0.138 e. The first-order valence-electron chi connectivity index (χ1n) is 29.3. The molecule has 0 aromatic heterocycles. The molecule has 0 radical (unpaired) electrons. The standard InChI is InChI=1S/C68H94O3/c1-3-5-7-9-11-13-15-17-19-21-23-25-27-29-31-39-45-59-61(49-47-57-41-35-33-36-42-57)67(55-65-63(59)51-53-69-65)71-68-56-66-64(52-54-70-66)60(62(68)50-48-58-43-37-34-38-44-58)46-40-32-30-28-26-24-22-20-18-16-14-12-10-8-6-4-2/h17-20,33-38,41-44,47-50,55-56H,3-16,21-32,39-40,45-46,51-54H2,1-2H3/b19-17-,20-18-,49-47?,50-48?. The van der Waals surface area contributed by atoms with Crippen LogP contribution < -0.4 is 14.2 Å². The highest BCUT2D eigenvalue weighted by Gasteiger charge is 2.26. The molecule has 2 aliphatic rings. The van der Waals surface area contributed by atoms with Crippen LogP contribution in [0.5, 0.6) is 23.0 Å². The molecule has 0 bridgehead atoms. The van der Waals surface area contributed by atoms with Crippen LogP contribution >= 0.6 is 0 Å². The minimum Gasteiger partial charge on any atom is -0.493 e. The maximum atomic E-state index is 7.34. The summed E-state index contributed by atoms with van der Waals surface area (Å²) in [5, 5.41) is 0. The number of unbranched alkanes of at least 4 members (excludes halogenated alkanes) is 24. The number of benzene rings is 4. The topological polar surface area (TPSA) is 27.7 Å². The molecule has 4 aromatic rings. The van der Waals surface area contributed by atoms with Gasteiger partial charge in [0.15, 0.2) is 0 Å². The molecule has 3 nitrogen and oxygen atoms in total. The van der Waals surface area contributed by atoms with E-state index in [0.29, 0.717) is 0 Å². The van der Waals surface area contributed by atoms with Gasteiger partial charge in [0.05, 0.1) is 13.2 Å². The Labute approximate surface area is 433 Å². The van der Waals surface area contributed by atoms with E-state index in [1.165, 1.54) is 224 Å². The lowest BCUT2D eigenvalue weighted by atomic mass is 9.91. The Hall–Kier alpha value is -4.76. The average molecular weight is 959 g/mol. The molecule has 2 aliphatic heterocycles. The summed E-state index contributed by atoms with van der Waals surface area (Å²) in [6.07, 6.45) is 59.6. The third-order valence-corrected chi connectivity index (χ3v) is 14.8. The lowest BCUT2D eigenvalue weighted by Gasteiger charge is -2.21. The molecule has 4 aromatic carbocycles. The molecule has 2 heterocycles. The fourth-order valence-corrected chi connectivity index (χ4v) is 10.6. The Morgan fingerprint density at radius 1 is 0.394 bits per heavy atom. The molecule has 384 valence electrons. The van der Waals surface area contributed by atoms with Crippen LogP contribution in [0.1, 0.15) is 238 Å². The highest BCUT2D eigenvalue weighted by molar-refractivity contribution is 5.79. The quantitative estimate of drug-likeness (QED) is 0.0255. The van der Waals surface area contributed by atoms with Gasteiger partial charge in [-0.25, -0.2) is 0 Å². The molecule has 0 unspecified atom stereocenters. The molecule has 0 aliphatic carbocycles. The van der Waals surface area contributed by atoms with Crippen LogP contribution in [-0.4, -0.2) is 13.2 Å². The largest absolute Gasteiger partial charge is 0.493 e. The monoisotopic (exact) mass is 959 g/mol. The lowest BCUT2D eigenvalue weighted by molar-refractivity contribution is 0.353. The zero-order valence-electron chi connectivity index (χ0n) is 44.8. The minimum absolute atomic E-state index is 0.722. The van der Waals surface area contributed by atoms with Crippen LogP contribution in [0, 0.1) is 0 Å². The van der Waals surface area contributed by atoms with Gasteiger partial charge in [0.25, 0.3) is 0 Å². The first-order valence-corrected chi connectivity index (χ1v) is 29.3. The van der Waals surface area contributed by atoms with Gasteiger partial charge in [0, 0.05) is 47.2 Å². The number of fused-ring (bicyclic) bond motifs is 2. The second-order valence-corrected chi connectivity index (χ2v) is 20.6. The van der Waals surface area contributed by atoms with E-state index in [-0.39, 0.29) is 0 Å². The number of ether oxygens (including phenoxy) is 3. The van der Waals surface area contributed by atoms with Crippen LogP contribution in [-0.2, 0) is 25.7 Å². The number of hydrogen-bond acceptors (Lipinski definition) is 3. The lowest BCUT2D eigenvalue weighted by Crippen LogP contribution is -2.03. The second kappa shape index (κ2) is 34.6. The zero-order valence-corrected chi connectivity index (χ0v) is 44.8. The van der Waals surface area contributed by atoms with Crippen molar-refractivity contribution in [2.45, 2.75) is 219 Å². The third-order valence-electron chi connectivity index (χ3n) is 14.8. The summed E-state index contributed by atoms with van der Waals surface area (Å²) in [5.74, 6) is 3.71. The van der Waals surface area contributed by atoms with Gasteiger partial charge in [0.2, 0.25) is 0 Å². The average Bonchev–Trinajstić information content (AvgIpc) is 4.08. The van der Waals surface area contributed by atoms with Crippen molar-refractivity contribution in [1.82, 2.24) is 0 Å². The van der Waals surface area contributed by atoms with E-state index >= 15 is 0 Å².